The smallest absolute Gasteiger partial charge is 0.160 e. The summed E-state index contributed by atoms with van der Waals surface area (Å²) in [5.74, 6) is 0.679. The Morgan fingerprint density at radius 3 is 0.804 bits per heavy atom. The van der Waals surface area contributed by atoms with Gasteiger partial charge >= 0.3 is 0 Å². The summed E-state index contributed by atoms with van der Waals surface area (Å²) in [6.07, 6.45) is 0. The summed E-state index contributed by atoms with van der Waals surface area (Å²) in [5, 5.41) is 9.11. The zero-order valence-electron chi connectivity index (χ0n) is 65.6. The number of hydrogen-bond acceptors (Lipinski definition) is 3. The zero-order valence-corrected chi connectivity index (χ0v) is 60.6. The average Bonchev–Trinajstić information content (AvgIpc) is 1.59. The lowest BCUT2D eigenvalue weighted by atomic mass is 9.99. The van der Waals surface area contributed by atoms with E-state index in [-0.39, 0.29) is 29.9 Å². The molecular formula is C105H69N7. The highest BCUT2D eigenvalue weighted by Gasteiger charge is 2.21. The van der Waals surface area contributed by atoms with Crippen molar-refractivity contribution in [1.82, 2.24) is 33.2 Å². The molecule has 22 aromatic rings. The minimum atomic E-state index is -0.409. The maximum absolute atomic E-state index is 8.77. The molecule has 0 N–H and O–H groups in total. The van der Waals surface area contributed by atoms with Crippen molar-refractivity contribution in [2.45, 2.75) is 0 Å². The highest BCUT2D eigenvalue weighted by atomic mass is 15.0. The van der Waals surface area contributed by atoms with Gasteiger partial charge in [-0.05, 0) is 173 Å². The van der Waals surface area contributed by atoms with E-state index in [0.29, 0.717) is 5.82 Å². The number of nitrogens with zero attached hydrogens (tertiary/aromatic N) is 7. The largest absolute Gasteiger partial charge is 0.309 e. The van der Waals surface area contributed by atoms with E-state index in [0.717, 1.165) is 128 Å². The standard InChI is InChI=1S/C53H35N3.C52H34N4/c1-4-14-37(15-5-1)48-34-41(35-49(54-48)38-16-6-2-7-17-38)36-24-28-43(29-25-36)56-51-23-13-11-21-45(51)47-33-40(27-31-53(47)56)39-26-30-52-46(32-39)44-20-10-12-22-50(44)55(52)42-18-8-3-9-19-42;1-4-14-35(15-5-1)46-34-47(54-52(53-46)37-16-6-2-7-17-37)36-24-28-41(29-25-36)56-49-23-13-11-21-43(49)45-33-39(27-31-51(45)56)38-26-30-50-44(32-38)42-20-10-12-22-48(42)55(50)40-18-8-3-9-19-40/h1-35H;1-34H/i;3D,8D,9D,18D,19D. The fraction of sp³-hybridized carbons (Fsp3) is 0. The number of pyridine rings is 1. The van der Waals surface area contributed by atoms with Crippen molar-refractivity contribution in [2.75, 3.05) is 0 Å². The Balaban J connectivity index is 0.000000146. The van der Waals surface area contributed by atoms with E-state index in [1.165, 1.54) is 60.4 Å². The first-order valence-corrected chi connectivity index (χ1v) is 37.7. The van der Waals surface area contributed by atoms with E-state index in [1.54, 1.807) is 4.57 Å². The molecule has 0 saturated carbocycles. The second-order valence-electron chi connectivity index (χ2n) is 28.3. The van der Waals surface area contributed by atoms with Crippen molar-refractivity contribution >= 4 is 87.2 Å². The molecule has 112 heavy (non-hydrogen) atoms. The maximum atomic E-state index is 8.77. The van der Waals surface area contributed by atoms with E-state index in [1.807, 2.05) is 97.1 Å². The Morgan fingerprint density at radius 2 is 0.438 bits per heavy atom. The molecule has 0 spiro atoms. The summed E-state index contributed by atoms with van der Waals surface area (Å²) in [5.41, 5.74) is 27.6. The Labute approximate surface area is 654 Å². The van der Waals surface area contributed by atoms with Crippen LogP contribution in [0.4, 0.5) is 0 Å². The predicted molar refractivity (Wildman–Crippen MR) is 467 cm³/mol. The number of benzene rings is 16. The summed E-state index contributed by atoms with van der Waals surface area (Å²) < 4.78 is 51.3. The van der Waals surface area contributed by atoms with Crippen molar-refractivity contribution in [3.8, 4) is 113 Å². The molecule has 0 radical (unpaired) electrons. The van der Waals surface area contributed by atoms with Gasteiger partial charge in [0.2, 0.25) is 0 Å². The average molecular weight is 1430 g/mol. The van der Waals surface area contributed by atoms with Crippen LogP contribution in [0.3, 0.4) is 0 Å². The molecule has 6 aromatic heterocycles. The van der Waals surface area contributed by atoms with Crippen LogP contribution in [0.2, 0.25) is 0 Å². The predicted octanol–water partition coefficient (Wildman–Crippen LogP) is 27.3. The van der Waals surface area contributed by atoms with Crippen LogP contribution in [0, 0.1) is 0 Å². The van der Waals surface area contributed by atoms with E-state index in [4.69, 9.17) is 21.8 Å². The lowest BCUT2D eigenvalue weighted by Gasteiger charge is -2.12. The van der Waals surface area contributed by atoms with Gasteiger partial charge in [-0.15, -0.1) is 0 Å². The maximum Gasteiger partial charge on any atom is 0.160 e. The van der Waals surface area contributed by atoms with Gasteiger partial charge in [0.25, 0.3) is 0 Å². The topological polar surface area (TPSA) is 58.4 Å². The van der Waals surface area contributed by atoms with Gasteiger partial charge in [-0.2, -0.15) is 0 Å². The molecule has 0 aliphatic heterocycles. The van der Waals surface area contributed by atoms with Crippen LogP contribution in [-0.2, 0) is 0 Å². The van der Waals surface area contributed by atoms with Gasteiger partial charge in [-0.25, -0.2) is 15.0 Å². The number of fused-ring (bicyclic) bond motifs is 12. The number of hydrogen-bond donors (Lipinski definition) is 0. The van der Waals surface area contributed by atoms with E-state index in [2.05, 4.69) is 305 Å². The van der Waals surface area contributed by atoms with Crippen molar-refractivity contribution in [1.29, 1.82) is 0 Å². The van der Waals surface area contributed by atoms with Crippen LogP contribution >= 0.6 is 0 Å². The Bertz CT molecular complexity index is 7510. The van der Waals surface area contributed by atoms with E-state index in [9.17, 15) is 0 Å². The molecular weight excluding hydrogens is 1360 g/mol. The molecule has 22 rings (SSSR count). The molecule has 524 valence electrons. The number of rotatable bonds is 12. The first-order chi connectivity index (χ1) is 57.6. The summed E-state index contributed by atoms with van der Waals surface area (Å²) in [6, 6.07) is 135. The van der Waals surface area contributed by atoms with Crippen molar-refractivity contribution < 1.29 is 6.85 Å². The van der Waals surface area contributed by atoms with Gasteiger partial charge in [-0.3, -0.25) is 0 Å². The molecule has 6 heterocycles. The van der Waals surface area contributed by atoms with Crippen molar-refractivity contribution in [2.24, 2.45) is 0 Å². The van der Waals surface area contributed by atoms with Gasteiger partial charge < -0.3 is 18.3 Å². The highest BCUT2D eigenvalue weighted by molar-refractivity contribution is 6.15. The zero-order chi connectivity index (χ0) is 78.4. The molecule has 0 atom stereocenters. The lowest BCUT2D eigenvalue weighted by Crippen LogP contribution is -1.97. The molecule has 7 heteroatoms. The molecule has 0 saturated heterocycles. The molecule has 0 fully saturated rings. The van der Waals surface area contributed by atoms with Crippen molar-refractivity contribution in [3.05, 3.63) is 418 Å². The van der Waals surface area contributed by atoms with Gasteiger partial charge in [-0.1, -0.05) is 279 Å². The SMILES string of the molecule is [2H]c1c([2H])c([2H])c(-n2c3ccccc3c3cc(-c4ccc5c(c4)c4ccccc4n5-c4ccc(-c5cc(-c6ccccc6)nc(-c6ccccc6)n5)cc4)ccc32)c([2H])c1[2H].c1ccc(-c2cc(-c3ccc(-n4c5ccccc5c5cc(-c6ccc7c(c6)c6ccccc6n7-c6ccccc6)ccc54)cc3)cc(-c3ccccc3)n2)cc1. The quantitative estimate of drug-likeness (QED) is 0.122. The highest BCUT2D eigenvalue weighted by Crippen LogP contribution is 2.43. The van der Waals surface area contributed by atoms with Crippen LogP contribution in [0.1, 0.15) is 6.85 Å². The second kappa shape index (κ2) is 27.6. The third kappa shape index (κ3) is 11.6. The summed E-state index contributed by atoms with van der Waals surface area (Å²) in [6.45, 7) is 0. The lowest BCUT2D eigenvalue weighted by molar-refractivity contribution is 1.17. The fourth-order valence-electron chi connectivity index (χ4n) is 16.5. The second-order valence-corrected chi connectivity index (χ2v) is 28.3. The van der Waals surface area contributed by atoms with Gasteiger partial charge in [0.05, 0.1) is 73.8 Å². The third-order valence-electron chi connectivity index (χ3n) is 21.8. The first-order valence-electron chi connectivity index (χ1n) is 40.2. The van der Waals surface area contributed by atoms with Gasteiger partial charge in [0, 0.05) is 93.7 Å². The number of aromatic nitrogens is 7. The van der Waals surface area contributed by atoms with E-state index >= 15 is 0 Å². The minimum absolute atomic E-state index is 0.137. The monoisotopic (exact) mass is 1430 g/mol. The molecule has 0 aliphatic rings. The van der Waals surface area contributed by atoms with Crippen LogP contribution in [0.25, 0.3) is 200 Å². The fourth-order valence-corrected chi connectivity index (χ4v) is 16.5. The Hall–Kier alpha value is -15.1. The Kier molecular flexibility index (Phi) is 14.8. The Morgan fingerprint density at radius 1 is 0.170 bits per heavy atom. The minimum Gasteiger partial charge on any atom is -0.309 e. The first kappa shape index (κ1) is 60.0. The number of para-hydroxylation sites is 6. The van der Waals surface area contributed by atoms with Crippen LogP contribution < -0.4 is 0 Å². The van der Waals surface area contributed by atoms with Gasteiger partial charge in [0.1, 0.15) is 0 Å². The van der Waals surface area contributed by atoms with Crippen LogP contribution in [-0.4, -0.2) is 33.2 Å². The molecule has 0 unspecified atom stereocenters. The summed E-state index contributed by atoms with van der Waals surface area (Å²) in [4.78, 5) is 15.1. The third-order valence-corrected chi connectivity index (χ3v) is 21.8. The van der Waals surface area contributed by atoms with Crippen LogP contribution in [0.5, 0.6) is 0 Å². The molecule has 16 aromatic carbocycles. The molecule has 7 nitrogen and oxygen atoms in total. The van der Waals surface area contributed by atoms with Crippen LogP contribution in [0.15, 0.2) is 418 Å². The molecule has 0 amide bonds. The van der Waals surface area contributed by atoms with Gasteiger partial charge in [0.15, 0.2) is 5.82 Å². The molecule has 0 bridgehead atoms. The summed E-state index contributed by atoms with van der Waals surface area (Å²) >= 11 is 0. The van der Waals surface area contributed by atoms with E-state index < -0.39 is 6.04 Å². The summed E-state index contributed by atoms with van der Waals surface area (Å²) in [7, 11) is 0. The molecule has 0 aliphatic carbocycles. The van der Waals surface area contributed by atoms with Crippen molar-refractivity contribution in [3.63, 3.8) is 0 Å². The normalized spacial score (nSPS) is 12.2.